The van der Waals surface area contributed by atoms with Crippen molar-refractivity contribution in [3.05, 3.63) is 59.7 Å². The van der Waals surface area contributed by atoms with Gasteiger partial charge in [-0.1, -0.05) is 6.07 Å². The van der Waals surface area contributed by atoms with Gasteiger partial charge < -0.3 is 4.74 Å². The molecule has 1 heterocycles. The van der Waals surface area contributed by atoms with Gasteiger partial charge in [-0.2, -0.15) is 0 Å². The van der Waals surface area contributed by atoms with E-state index < -0.39 is 18.0 Å². The fourth-order valence-electron chi connectivity index (χ4n) is 1.82. The average molecular weight is 273 g/mol. The van der Waals surface area contributed by atoms with Crippen molar-refractivity contribution in [2.45, 2.75) is 6.42 Å². The second kappa shape index (κ2) is 6.06. The highest BCUT2D eigenvalue weighted by Gasteiger charge is 2.20. The van der Waals surface area contributed by atoms with Gasteiger partial charge in [-0.3, -0.25) is 14.6 Å². The summed E-state index contributed by atoms with van der Waals surface area (Å²) in [4.78, 5) is 27.8. The highest BCUT2D eigenvalue weighted by molar-refractivity contribution is 6.14. The maximum absolute atomic E-state index is 13.7. The average Bonchev–Trinajstić information content (AvgIpc) is 2.47. The standard InChI is InChI=1S/C15H12FNO3/c1-20-14-4-2-3-11(16)15(14)13(19)9-12(18)10-5-7-17-8-6-10/h2-8H,9H2,1H3. The minimum absolute atomic E-state index is 0.123. The summed E-state index contributed by atoms with van der Waals surface area (Å²) in [5.74, 6) is -1.57. The number of ether oxygens (including phenoxy) is 1. The van der Waals surface area contributed by atoms with Gasteiger partial charge >= 0.3 is 0 Å². The molecule has 0 unspecified atom stereocenters. The molecule has 1 aromatic heterocycles. The molecule has 0 bridgehead atoms. The van der Waals surface area contributed by atoms with Gasteiger partial charge in [0.25, 0.3) is 0 Å². The molecule has 0 fully saturated rings. The Hall–Kier alpha value is -2.56. The van der Waals surface area contributed by atoms with Crippen molar-refractivity contribution >= 4 is 11.6 Å². The van der Waals surface area contributed by atoms with Crippen molar-refractivity contribution in [2.75, 3.05) is 7.11 Å². The first-order valence-corrected chi connectivity index (χ1v) is 5.92. The molecule has 20 heavy (non-hydrogen) atoms. The Morgan fingerprint density at radius 2 is 1.85 bits per heavy atom. The van der Waals surface area contributed by atoms with Crippen molar-refractivity contribution in [3.8, 4) is 5.75 Å². The monoisotopic (exact) mass is 273 g/mol. The molecule has 0 spiro atoms. The summed E-state index contributed by atoms with van der Waals surface area (Å²) in [6, 6.07) is 7.10. The zero-order valence-corrected chi connectivity index (χ0v) is 10.8. The van der Waals surface area contributed by atoms with Crippen molar-refractivity contribution in [1.29, 1.82) is 0 Å². The van der Waals surface area contributed by atoms with E-state index in [1.807, 2.05) is 0 Å². The van der Waals surface area contributed by atoms with Crippen LogP contribution in [0.5, 0.6) is 5.75 Å². The lowest BCUT2D eigenvalue weighted by Gasteiger charge is -2.08. The number of pyridine rings is 1. The van der Waals surface area contributed by atoms with E-state index in [0.717, 1.165) is 6.07 Å². The molecule has 0 N–H and O–H groups in total. The quantitative estimate of drug-likeness (QED) is 0.621. The molecule has 0 saturated heterocycles. The lowest BCUT2D eigenvalue weighted by molar-refractivity contribution is 0.0890. The summed E-state index contributed by atoms with van der Waals surface area (Å²) in [6.45, 7) is 0. The van der Waals surface area contributed by atoms with Crippen LogP contribution in [0.25, 0.3) is 0 Å². The largest absolute Gasteiger partial charge is 0.496 e. The number of hydrogen-bond acceptors (Lipinski definition) is 4. The number of methoxy groups -OCH3 is 1. The number of carbonyl (C=O) groups is 2. The van der Waals surface area contributed by atoms with Gasteiger partial charge in [-0.05, 0) is 24.3 Å². The van der Waals surface area contributed by atoms with Crippen molar-refractivity contribution in [3.63, 3.8) is 0 Å². The van der Waals surface area contributed by atoms with Crippen LogP contribution < -0.4 is 4.74 Å². The van der Waals surface area contributed by atoms with Gasteiger partial charge in [0.05, 0.1) is 19.1 Å². The Morgan fingerprint density at radius 3 is 2.50 bits per heavy atom. The molecule has 0 aliphatic rings. The van der Waals surface area contributed by atoms with Crippen LogP contribution in [-0.2, 0) is 0 Å². The van der Waals surface area contributed by atoms with Crippen LogP contribution in [0.1, 0.15) is 27.1 Å². The van der Waals surface area contributed by atoms with Crippen LogP contribution in [0.4, 0.5) is 4.39 Å². The van der Waals surface area contributed by atoms with Crippen molar-refractivity contribution < 1.29 is 18.7 Å². The molecule has 0 aliphatic carbocycles. The molecule has 102 valence electrons. The van der Waals surface area contributed by atoms with E-state index in [9.17, 15) is 14.0 Å². The van der Waals surface area contributed by atoms with Crippen LogP contribution >= 0.6 is 0 Å². The number of Topliss-reactive ketones (excluding diaryl/α,β-unsaturated/α-hetero) is 2. The molecular weight excluding hydrogens is 261 g/mol. The van der Waals surface area contributed by atoms with Crippen LogP contribution in [0.15, 0.2) is 42.7 Å². The third-order valence-electron chi connectivity index (χ3n) is 2.80. The van der Waals surface area contributed by atoms with E-state index in [-0.39, 0.29) is 17.1 Å². The van der Waals surface area contributed by atoms with Gasteiger partial charge in [-0.25, -0.2) is 4.39 Å². The molecule has 4 nitrogen and oxygen atoms in total. The van der Waals surface area contributed by atoms with Crippen LogP contribution in [0.2, 0.25) is 0 Å². The lowest BCUT2D eigenvalue weighted by atomic mass is 10.0. The fourth-order valence-corrected chi connectivity index (χ4v) is 1.82. The van der Waals surface area contributed by atoms with Crippen molar-refractivity contribution in [2.24, 2.45) is 0 Å². The predicted molar refractivity (Wildman–Crippen MR) is 70.5 cm³/mol. The molecule has 0 radical (unpaired) electrons. The van der Waals surface area contributed by atoms with E-state index in [2.05, 4.69) is 4.98 Å². The van der Waals surface area contributed by atoms with Gasteiger partial charge in [0.15, 0.2) is 11.6 Å². The summed E-state index contributed by atoms with van der Waals surface area (Å²) in [5, 5.41) is 0. The topological polar surface area (TPSA) is 56.3 Å². The van der Waals surface area contributed by atoms with Gasteiger partial charge in [0, 0.05) is 18.0 Å². The first-order chi connectivity index (χ1) is 9.63. The number of halogens is 1. The Balaban J connectivity index is 2.23. The highest BCUT2D eigenvalue weighted by atomic mass is 19.1. The normalized spacial score (nSPS) is 10.1. The first-order valence-electron chi connectivity index (χ1n) is 5.92. The molecule has 1 aromatic carbocycles. The Bertz CT molecular complexity index is 641. The second-order valence-electron chi connectivity index (χ2n) is 4.08. The number of carbonyl (C=O) groups excluding carboxylic acids is 2. The van der Waals surface area contributed by atoms with Crippen LogP contribution in [-0.4, -0.2) is 23.7 Å². The molecule has 2 aromatic rings. The number of nitrogens with zero attached hydrogens (tertiary/aromatic N) is 1. The zero-order chi connectivity index (χ0) is 14.5. The summed E-state index contributed by atoms with van der Waals surface area (Å²) in [7, 11) is 1.34. The second-order valence-corrected chi connectivity index (χ2v) is 4.08. The van der Waals surface area contributed by atoms with Gasteiger partial charge in [0.1, 0.15) is 11.6 Å². The Kier molecular flexibility index (Phi) is 4.20. The Labute approximate surface area is 115 Å². The highest BCUT2D eigenvalue weighted by Crippen LogP contribution is 2.23. The fraction of sp³-hybridized carbons (Fsp3) is 0.133. The number of benzene rings is 1. The van der Waals surface area contributed by atoms with Crippen LogP contribution in [0, 0.1) is 5.82 Å². The first kappa shape index (κ1) is 13.9. The third kappa shape index (κ3) is 2.88. The van der Waals surface area contributed by atoms with E-state index >= 15 is 0 Å². The smallest absolute Gasteiger partial charge is 0.177 e. The summed E-state index contributed by atoms with van der Waals surface area (Å²) in [5.41, 5.74) is 0.168. The molecule has 5 heteroatoms. The lowest BCUT2D eigenvalue weighted by Crippen LogP contribution is -2.11. The molecule has 2 rings (SSSR count). The number of ketones is 2. The van der Waals surface area contributed by atoms with E-state index in [1.54, 1.807) is 0 Å². The van der Waals surface area contributed by atoms with Gasteiger partial charge in [0.2, 0.25) is 0 Å². The SMILES string of the molecule is COc1cccc(F)c1C(=O)CC(=O)c1ccncc1. The minimum Gasteiger partial charge on any atom is -0.496 e. The molecule has 0 aliphatic heterocycles. The maximum atomic E-state index is 13.7. The molecular formula is C15H12FNO3. The maximum Gasteiger partial charge on any atom is 0.177 e. The molecule has 0 saturated carbocycles. The zero-order valence-electron chi connectivity index (χ0n) is 10.8. The predicted octanol–water partition coefficient (Wildman–Crippen LogP) is 2.69. The number of aromatic nitrogens is 1. The van der Waals surface area contributed by atoms with Crippen molar-refractivity contribution in [1.82, 2.24) is 4.98 Å². The molecule has 0 atom stereocenters. The van der Waals surface area contributed by atoms with Crippen LogP contribution in [0.3, 0.4) is 0 Å². The summed E-state index contributed by atoms with van der Waals surface area (Å²) in [6.07, 6.45) is 2.50. The summed E-state index contributed by atoms with van der Waals surface area (Å²) >= 11 is 0. The summed E-state index contributed by atoms with van der Waals surface area (Å²) < 4.78 is 18.7. The minimum atomic E-state index is -0.697. The van der Waals surface area contributed by atoms with Gasteiger partial charge in [-0.15, -0.1) is 0 Å². The third-order valence-corrected chi connectivity index (χ3v) is 2.80. The Morgan fingerprint density at radius 1 is 1.15 bits per heavy atom. The van der Waals surface area contributed by atoms with E-state index in [1.165, 1.54) is 43.8 Å². The van der Waals surface area contributed by atoms with E-state index in [0.29, 0.717) is 5.56 Å². The van der Waals surface area contributed by atoms with E-state index in [4.69, 9.17) is 4.74 Å². The number of rotatable bonds is 5. The number of hydrogen-bond donors (Lipinski definition) is 0. The molecule has 0 amide bonds.